The molecule has 2 N–H and O–H groups in total. The molecule has 0 aromatic heterocycles. The van der Waals surface area contributed by atoms with E-state index in [1.807, 2.05) is 6.92 Å². The summed E-state index contributed by atoms with van der Waals surface area (Å²) in [6.07, 6.45) is 3.36. The molecule has 1 aromatic rings. The third kappa shape index (κ3) is 3.21. The maximum absolute atomic E-state index is 9.27. The van der Waals surface area contributed by atoms with Crippen LogP contribution in [-0.4, -0.2) is 17.8 Å². The smallest absolute Gasteiger partial charge is 0.0636 e. The zero-order valence-electron chi connectivity index (χ0n) is 9.65. The van der Waals surface area contributed by atoms with Crippen LogP contribution in [0.4, 0.5) is 0 Å². The normalized spacial score (nSPS) is 20.8. The molecule has 1 aliphatic carbocycles. The van der Waals surface area contributed by atoms with E-state index in [4.69, 9.17) is 0 Å². The maximum atomic E-state index is 9.27. The number of aliphatic hydroxyl groups is 1. The average Bonchev–Trinajstić information content (AvgIpc) is 2.26. The molecule has 1 aromatic carbocycles. The molecule has 0 saturated carbocycles. The van der Waals surface area contributed by atoms with Crippen molar-refractivity contribution in [2.75, 3.05) is 6.54 Å². The SMILES string of the molecule is C[C@H](O)CN[C@H]1CCCc2ccccc21.Cl. The fourth-order valence-corrected chi connectivity index (χ4v) is 2.28. The van der Waals surface area contributed by atoms with Gasteiger partial charge >= 0.3 is 0 Å². The van der Waals surface area contributed by atoms with Crippen molar-refractivity contribution >= 4 is 12.4 Å². The maximum Gasteiger partial charge on any atom is 0.0636 e. The Labute approximate surface area is 103 Å². The molecule has 0 radical (unpaired) electrons. The number of hydrogen-bond donors (Lipinski definition) is 2. The second-order valence-electron chi connectivity index (χ2n) is 4.40. The Morgan fingerprint density at radius 2 is 2.19 bits per heavy atom. The van der Waals surface area contributed by atoms with Crippen molar-refractivity contribution in [1.29, 1.82) is 0 Å². The van der Waals surface area contributed by atoms with Gasteiger partial charge in [0, 0.05) is 12.6 Å². The van der Waals surface area contributed by atoms with Crippen LogP contribution in [0.2, 0.25) is 0 Å². The fourth-order valence-electron chi connectivity index (χ4n) is 2.28. The minimum atomic E-state index is -0.265. The number of nitrogens with one attached hydrogen (secondary N) is 1. The molecule has 0 aliphatic heterocycles. The summed E-state index contributed by atoms with van der Waals surface area (Å²) in [4.78, 5) is 0. The molecule has 1 aliphatic rings. The fraction of sp³-hybridized carbons (Fsp3) is 0.538. The van der Waals surface area contributed by atoms with Gasteiger partial charge in [-0.15, -0.1) is 12.4 Å². The molecular weight excluding hydrogens is 222 g/mol. The van der Waals surface area contributed by atoms with Gasteiger partial charge in [0.05, 0.1) is 6.10 Å². The van der Waals surface area contributed by atoms with E-state index in [9.17, 15) is 5.11 Å². The number of aliphatic hydroxyl groups excluding tert-OH is 1. The van der Waals surface area contributed by atoms with E-state index in [-0.39, 0.29) is 18.5 Å². The summed E-state index contributed by atoms with van der Waals surface area (Å²) in [7, 11) is 0. The van der Waals surface area contributed by atoms with Gasteiger partial charge in [0.25, 0.3) is 0 Å². The van der Waals surface area contributed by atoms with Crippen molar-refractivity contribution in [2.45, 2.75) is 38.3 Å². The summed E-state index contributed by atoms with van der Waals surface area (Å²) in [5.74, 6) is 0. The van der Waals surface area contributed by atoms with Crippen LogP contribution >= 0.6 is 12.4 Å². The summed E-state index contributed by atoms with van der Waals surface area (Å²) in [5.41, 5.74) is 2.89. The first-order chi connectivity index (χ1) is 7.27. The molecule has 2 rings (SSSR count). The summed E-state index contributed by atoms with van der Waals surface area (Å²) in [5, 5.41) is 12.7. The van der Waals surface area contributed by atoms with Crippen molar-refractivity contribution in [3.8, 4) is 0 Å². The van der Waals surface area contributed by atoms with Crippen molar-refractivity contribution < 1.29 is 5.11 Å². The van der Waals surface area contributed by atoms with E-state index in [0.717, 1.165) is 0 Å². The minimum Gasteiger partial charge on any atom is -0.392 e. The van der Waals surface area contributed by atoms with Crippen LogP contribution in [0, 0.1) is 0 Å². The number of hydrogen-bond acceptors (Lipinski definition) is 2. The van der Waals surface area contributed by atoms with E-state index in [2.05, 4.69) is 29.6 Å². The van der Waals surface area contributed by atoms with Gasteiger partial charge in [0.2, 0.25) is 0 Å². The van der Waals surface area contributed by atoms with Crippen LogP contribution in [0.5, 0.6) is 0 Å². The first kappa shape index (κ1) is 13.5. The lowest BCUT2D eigenvalue weighted by Crippen LogP contribution is -2.30. The molecule has 0 bridgehead atoms. The highest BCUT2D eigenvalue weighted by molar-refractivity contribution is 5.85. The Morgan fingerprint density at radius 1 is 1.44 bits per heavy atom. The Balaban J connectivity index is 0.00000128. The van der Waals surface area contributed by atoms with E-state index >= 15 is 0 Å². The minimum absolute atomic E-state index is 0. The van der Waals surface area contributed by atoms with Gasteiger partial charge in [0.1, 0.15) is 0 Å². The number of aryl methyl sites for hydroxylation is 1. The molecule has 2 atom stereocenters. The van der Waals surface area contributed by atoms with E-state index < -0.39 is 0 Å². The molecule has 90 valence electrons. The van der Waals surface area contributed by atoms with Gasteiger partial charge in [-0.3, -0.25) is 0 Å². The molecule has 16 heavy (non-hydrogen) atoms. The predicted octanol–water partition coefficient (Wildman–Crippen LogP) is 2.46. The van der Waals surface area contributed by atoms with E-state index in [0.29, 0.717) is 12.6 Å². The predicted molar refractivity (Wildman–Crippen MR) is 69.1 cm³/mol. The largest absolute Gasteiger partial charge is 0.392 e. The topological polar surface area (TPSA) is 32.3 Å². The molecule has 0 unspecified atom stereocenters. The number of fused-ring (bicyclic) bond motifs is 1. The van der Waals surface area contributed by atoms with Crippen LogP contribution in [-0.2, 0) is 6.42 Å². The number of rotatable bonds is 3. The van der Waals surface area contributed by atoms with Crippen LogP contribution in [0.1, 0.15) is 36.9 Å². The summed E-state index contributed by atoms with van der Waals surface area (Å²) >= 11 is 0. The third-order valence-electron chi connectivity index (χ3n) is 3.03. The molecular formula is C13H20ClNO. The third-order valence-corrected chi connectivity index (χ3v) is 3.03. The number of halogens is 1. The quantitative estimate of drug-likeness (QED) is 0.852. The summed E-state index contributed by atoms with van der Waals surface area (Å²) < 4.78 is 0. The van der Waals surface area contributed by atoms with Gasteiger partial charge in [0.15, 0.2) is 0 Å². The first-order valence-electron chi connectivity index (χ1n) is 5.76. The standard InChI is InChI=1S/C13H19NO.ClH/c1-10(15)9-14-13-8-4-6-11-5-2-3-7-12(11)13;/h2-3,5,7,10,13-15H,4,6,8-9H2,1H3;1H/t10-,13-;/m0./s1. The monoisotopic (exact) mass is 241 g/mol. The van der Waals surface area contributed by atoms with E-state index in [1.165, 1.54) is 30.4 Å². The highest BCUT2D eigenvalue weighted by atomic mass is 35.5. The second kappa shape index (κ2) is 6.24. The summed E-state index contributed by atoms with van der Waals surface area (Å²) in [6.45, 7) is 2.50. The van der Waals surface area contributed by atoms with E-state index in [1.54, 1.807) is 0 Å². The van der Waals surface area contributed by atoms with Gasteiger partial charge in [-0.1, -0.05) is 24.3 Å². The molecule has 0 fully saturated rings. The highest BCUT2D eigenvalue weighted by Crippen LogP contribution is 2.29. The van der Waals surface area contributed by atoms with Crippen LogP contribution in [0.25, 0.3) is 0 Å². The van der Waals surface area contributed by atoms with Gasteiger partial charge in [-0.05, 0) is 37.3 Å². The lowest BCUT2D eigenvalue weighted by molar-refractivity contribution is 0.184. The first-order valence-corrected chi connectivity index (χ1v) is 5.76. The Morgan fingerprint density at radius 3 is 2.94 bits per heavy atom. The molecule has 3 heteroatoms. The Hall–Kier alpha value is -0.570. The zero-order valence-corrected chi connectivity index (χ0v) is 10.5. The van der Waals surface area contributed by atoms with Crippen molar-refractivity contribution in [2.24, 2.45) is 0 Å². The van der Waals surface area contributed by atoms with Crippen LogP contribution in [0.15, 0.2) is 24.3 Å². The van der Waals surface area contributed by atoms with Gasteiger partial charge in [-0.2, -0.15) is 0 Å². The molecule has 2 nitrogen and oxygen atoms in total. The average molecular weight is 242 g/mol. The summed E-state index contributed by atoms with van der Waals surface area (Å²) in [6, 6.07) is 9.06. The van der Waals surface area contributed by atoms with Crippen LogP contribution in [0.3, 0.4) is 0 Å². The Kier molecular flexibility index (Phi) is 5.26. The van der Waals surface area contributed by atoms with Crippen molar-refractivity contribution in [3.63, 3.8) is 0 Å². The van der Waals surface area contributed by atoms with Crippen molar-refractivity contribution in [1.82, 2.24) is 5.32 Å². The second-order valence-corrected chi connectivity index (χ2v) is 4.40. The zero-order chi connectivity index (χ0) is 10.7. The lowest BCUT2D eigenvalue weighted by Gasteiger charge is -2.26. The number of benzene rings is 1. The molecule has 0 saturated heterocycles. The Bertz CT molecular complexity index is 327. The van der Waals surface area contributed by atoms with Gasteiger partial charge < -0.3 is 10.4 Å². The molecule has 0 amide bonds. The molecule has 0 heterocycles. The van der Waals surface area contributed by atoms with Crippen molar-refractivity contribution in [3.05, 3.63) is 35.4 Å². The lowest BCUT2D eigenvalue weighted by atomic mass is 9.88. The van der Waals surface area contributed by atoms with Crippen LogP contribution < -0.4 is 5.32 Å². The molecule has 0 spiro atoms. The van der Waals surface area contributed by atoms with Gasteiger partial charge in [-0.25, -0.2) is 0 Å². The highest BCUT2D eigenvalue weighted by Gasteiger charge is 2.18.